The number of benzene rings is 1. The molecular formula is C11H10ClNO2S. The van der Waals surface area contributed by atoms with Gasteiger partial charge < -0.3 is 10.1 Å². The quantitative estimate of drug-likeness (QED) is 0.739. The van der Waals surface area contributed by atoms with E-state index in [1.165, 1.54) is 0 Å². The van der Waals surface area contributed by atoms with Gasteiger partial charge in [-0.3, -0.25) is 4.79 Å². The van der Waals surface area contributed by atoms with Gasteiger partial charge in [0.25, 0.3) is 0 Å². The SMILES string of the molecule is O=C(O)Cc1cc2c(CS)c[nH]c2cc1Cl. The number of fused-ring (bicyclic) bond motifs is 1. The number of carbonyl (C=O) groups is 1. The van der Waals surface area contributed by atoms with Gasteiger partial charge in [0.2, 0.25) is 0 Å². The van der Waals surface area contributed by atoms with Crippen molar-refractivity contribution in [3.8, 4) is 0 Å². The Morgan fingerprint density at radius 1 is 1.44 bits per heavy atom. The maximum absolute atomic E-state index is 10.7. The van der Waals surface area contributed by atoms with E-state index in [0.29, 0.717) is 16.3 Å². The molecule has 0 atom stereocenters. The predicted octanol–water partition coefficient (Wildman–Crippen LogP) is 2.88. The number of thiol groups is 1. The normalized spacial score (nSPS) is 10.9. The second-order valence-corrected chi connectivity index (χ2v) is 4.26. The van der Waals surface area contributed by atoms with E-state index in [4.69, 9.17) is 16.7 Å². The number of carboxylic acids is 1. The summed E-state index contributed by atoms with van der Waals surface area (Å²) in [6.45, 7) is 0. The third-order valence-corrected chi connectivity index (χ3v) is 3.14. The van der Waals surface area contributed by atoms with Gasteiger partial charge in [0.15, 0.2) is 0 Å². The van der Waals surface area contributed by atoms with Gasteiger partial charge in [-0.05, 0) is 23.3 Å². The molecule has 16 heavy (non-hydrogen) atoms. The molecule has 0 unspecified atom stereocenters. The highest BCUT2D eigenvalue weighted by molar-refractivity contribution is 7.79. The van der Waals surface area contributed by atoms with Crippen molar-refractivity contribution < 1.29 is 9.90 Å². The van der Waals surface area contributed by atoms with Crippen LogP contribution in [-0.2, 0) is 17.0 Å². The summed E-state index contributed by atoms with van der Waals surface area (Å²) in [7, 11) is 0. The van der Waals surface area contributed by atoms with Crippen LogP contribution in [0.15, 0.2) is 18.3 Å². The topological polar surface area (TPSA) is 53.1 Å². The Morgan fingerprint density at radius 2 is 2.19 bits per heavy atom. The van der Waals surface area contributed by atoms with Crippen LogP contribution < -0.4 is 0 Å². The van der Waals surface area contributed by atoms with Crippen LogP contribution in [0.5, 0.6) is 0 Å². The molecule has 0 saturated heterocycles. The zero-order chi connectivity index (χ0) is 11.7. The van der Waals surface area contributed by atoms with Gasteiger partial charge in [0, 0.05) is 27.9 Å². The second-order valence-electron chi connectivity index (χ2n) is 3.53. The number of nitrogens with one attached hydrogen (secondary N) is 1. The molecule has 0 saturated carbocycles. The van der Waals surface area contributed by atoms with Crippen molar-refractivity contribution in [2.24, 2.45) is 0 Å². The Bertz CT molecular complexity index is 550. The van der Waals surface area contributed by atoms with Crippen LogP contribution in [0.1, 0.15) is 11.1 Å². The van der Waals surface area contributed by atoms with E-state index in [9.17, 15) is 4.79 Å². The molecule has 2 aromatic rings. The molecule has 0 aliphatic heterocycles. The molecule has 84 valence electrons. The van der Waals surface area contributed by atoms with Gasteiger partial charge >= 0.3 is 5.97 Å². The van der Waals surface area contributed by atoms with Crippen molar-refractivity contribution in [2.45, 2.75) is 12.2 Å². The number of carboxylic acid groups (broad SMARTS) is 1. The van der Waals surface area contributed by atoms with Crippen molar-refractivity contribution >= 4 is 41.1 Å². The maximum atomic E-state index is 10.7. The Morgan fingerprint density at radius 3 is 2.81 bits per heavy atom. The number of hydrogen-bond donors (Lipinski definition) is 3. The summed E-state index contributed by atoms with van der Waals surface area (Å²) in [5, 5.41) is 10.2. The maximum Gasteiger partial charge on any atom is 0.307 e. The molecule has 1 aromatic carbocycles. The molecule has 0 fully saturated rings. The minimum absolute atomic E-state index is 0.0635. The first-order chi connectivity index (χ1) is 7.61. The number of H-pyrrole nitrogens is 1. The number of rotatable bonds is 3. The van der Waals surface area contributed by atoms with E-state index in [-0.39, 0.29) is 6.42 Å². The summed E-state index contributed by atoms with van der Waals surface area (Å²) in [6, 6.07) is 3.57. The van der Waals surface area contributed by atoms with E-state index in [1.807, 2.05) is 12.3 Å². The Labute approximate surface area is 103 Å². The van der Waals surface area contributed by atoms with Crippen LogP contribution in [0.3, 0.4) is 0 Å². The number of aliphatic carboxylic acids is 1. The molecule has 0 aliphatic rings. The largest absolute Gasteiger partial charge is 0.481 e. The van der Waals surface area contributed by atoms with Crippen molar-refractivity contribution in [3.05, 3.63) is 34.5 Å². The van der Waals surface area contributed by atoms with Crippen LogP contribution in [-0.4, -0.2) is 16.1 Å². The van der Waals surface area contributed by atoms with Crippen LogP contribution in [0, 0.1) is 0 Å². The first-order valence-corrected chi connectivity index (χ1v) is 5.74. The molecule has 3 nitrogen and oxygen atoms in total. The zero-order valence-electron chi connectivity index (χ0n) is 8.33. The molecule has 0 spiro atoms. The first kappa shape index (κ1) is 11.4. The van der Waals surface area contributed by atoms with Crippen molar-refractivity contribution in [1.29, 1.82) is 0 Å². The summed E-state index contributed by atoms with van der Waals surface area (Å²) in [4.78, 5) is 13.7. The highest BCUT2D eigenvalue weighted by Crippen LogP contribution is 2.27. The average Bonchev–Trinajstić information content (AvgIpc) is 2.60. The van der Waals surface area contributed by atoms with E-state index in [2.05, 4.69) is 17.6 Å². The molecule has 2 rings (SSSR count). The fourth-order valence-corrected chi connectivity index (χ4v) is 2.17. The summed E-state index contributed by atoms with van der Waals surface area (Å²) in [5.74, 6) is -0.280. The second kappa shape index (κ2) is 4.39. The molecule has 1 heterocycles. The third-order valence-electron chi connectivity index (χ3n) is 2.45. The molecule has 2 N–H and O–H groups in total. The molecule has 1 aromatic heterocycles. The Hall–Kier alpha value is -1.13. The van der Waals surface area contributed by atoms with Gasteiger partial charge in [-0.25, -0.2) is 0 Å². The predicted molar refractivity (Wildman–Crippen MR) is 67.3 cm³/mol. The minimum Gasteiger partial charge on any atom is -0.481 e. The van der Waals surface area contributed by atoms with E-state index in [1.54, 1.807) is 6.07 Å². The van der Waals surface area contributed by atoms with Crippen LogP contribution >= 0.6 is 24.2 Å². The summed E-state index contributed by atoms with van der Waals surface area (Å²) < 4.78 is 0. The summed E-state index contributed by atoms with van der Waals surface area (Å²) >= 11 is 10.2. The van der Waals surface area contributed by atoms with Gasteiger partial charge in [-0.1, -0.05) is 11.6 Å². The Balaban J connectivity index is 2.57. The highest BCUT2D eigenvalue weighted by Gasteiger charge is 2.10. The van der Waals surface area contributed by atoms with Gasteiger partial charge in [0.1, 0.15) is 0 Å². The van der Waals surface area contributed by atoms with Crippen LogP contribution in [0.4, 0.5) is 0 Å². The molecule has 5 heteroatoms. The van der Waals surface area contributed by atoms with E-state index in [0.717, 1.165) is 16.5 Å². The first-order valence-electron chi connectivity index (χ1n) is 4.73. The monoisotopic (exact) mass is 255 g/mol. The molecular weight excluding hydrogens is 246 g/mol. The standard InChI is InChI=1S/C11H10ClNO2S/c12-9-3-10-8(7(5-16)4-13-10)1-6(9)2-11(14)15/h1,3-4,13,16H,2,5H2,(H,14,15). The molecule has 0 bridgehead atoms. The number of hydrogen-bond acceptors (Lipinski definition) is 2. The summed E-state index contributed by atoms with van der Waals surface area (Å²) in [5.41, 5.74) is 2.58. The fraction of sp³-hybridized carbons (Fsp3) is 0.182. The molecule has 0 radical (unpaired) electrons. The molecule has 0 amide bonds. The fourth-order valence-electron chi connectivity index (χ4n) is 1.68. The number of halogens is 1. The van der Waals surface area contributed by atoms with Crippen molar-refractivity contribution in [2.75, 3.05) is 0 Å². The van der Waals surface area contributed by atoms with E-state index < -0.39 is 5.97 Å². The van der Waals surface area contributed by atoms with Crippen molar-refractivity contribution in [1.82, 2.24) is 4.98 Å². The lowest BCUT2D eigenvalue weighted by Crippen LogP contribution is -2.00. The van der Waals surface area contributed by atoms with Gasteiger partial charge in [-0.15, -0.1) is 0 Å². The Kier molecular flexibility index (Phi) is 3.12. The highest BCUT2D eigenvalue weighted by atomic mass is 35.5. The minimum atomic E-state index is -0.885. The third kappa shape index (κ3) is 2.03. The van der Waals surface area contributed by atoms with Gasteiger partial charge in [0.05, 0.1) is 6.42 Å². The lowest BCUT2D eigenvalue weighted by molar-refractivity contribution is -0.136. The lowest BCUT2D eigenvalue weighted by Gasteiger charge is -2.02. The summed E-state index contributed by atoms with van der Waals surface area (Å²) in [6.07, 6.45) is 1.80. The van der Waals surface area contributed by atoms with Crippen LogP contribution in [0.25, 0.3) is 10.9 Å². The van der Waals surface area contributed by atoms with Crippen LogP contribution in [0.2, 0.25) is 5.02 Å². The van der Waals surface area contributed by atoms with Crippen molar-refractivity contribution in [3.63, 3.8) is 0 Å². The lowest BCUT2D eigenvalue weighted by atomic mass is 10.1. The smallest absolute Gasteiger partial charge is 0.307 e. The zero-order valence-corrected chi connectivity index (χ0v) is 9.98. The number of aromatic nitrogens is 1. The number of aromatic amines is 1. The van der Waals surface area contributed by atoms with Gasteiger partial charge in [-0.2, -0.15) is 12.6 Å². The van der Waals surface area contributed by atoms with E-state index >= 15 is 0 Å². The molecule has 0 aliphatic carbocycles. The average molecular weight is 256 g/mol.